The van der Waals surface area contributed by atoms with Crippen LogP contribution in [0.4, 0.5) is 0 Å². The normalized spacial score (nSPS) is 10.0. The molecule has 0 saturated carbocycles. The van der Waals surface area contributed by atoms with Crippen LogP contribution >= 0.6 is 9.24 Å². The van der Waals surface area contributed by atoms with Gasteiger partial charge in [-0.05, 0) is 30.8 Å². The molecule has 1 atom stereocenters. The maximum Gasteiger partial charge on any atom is 0.170 e. The predicted octanol–water partition coefficient (Wildman–Crippen LogP) is 2.46. The molecule has 3 nitrogen and oxygen atoms in total. The molecule has 0 radical (unpaired) electrons. The van der Waals surface area contributed by atoms with Gasteiger partial charge in [0.2, 0.25) is 0 Å². The summed E-state index contributed by atoms with van der Waals surface area (Å²) < 4.78 is 10.5. The zero-order valence-electron chi connectivity index (χ0n) is 9.87. The molecule has 0 spiro atoms. The zero-order chi connectivity index (χ0) is 12.1. The molecule has 0 aliphatic rings. The summed E-state index contributed by atoms with van der Waals surface area (Å²) in [7, 11) is 5.67. The highest BCUT2D eigenvalue weighted by Gasteiger charge is 2.17. The van der Waals surface area contributed by atoms with Gasteiger partial charge in [-0.15, -0.1) is 9.24 Å². The number of carbonyl (C=O) groups is 1. The molecule has 0 aromatic heterocycles. The van der Waals surface area contributed by atoms with Gasteiger partial charge in [0.1, 0.15) is 17.1 Å². The number of benzene rings is 1. The van der Waals surface area contributed by atoms with Crippen LogP contribution in [0, 0.1) is 6.92 Å². The summed E-state index contributed by atoms with van der Waals surface area (Å²) in [6.45, 7) is 1.94. The third kappa shape index (κ3) is 2.73. The number of aryl methyl sites for hydroxylation is 1. The summed E-state index contributed by atoms with van der Waals surface area (Å²) in [6, 6.07) is 3.69. The van der Waals surface area contributed by atoms with Crippen LogP contribution in [0.5, 0.6) is 11.5 Å². The van der Waals surface area contributed by atoms with Crippen molar-refractivity contribution in [2.45, 2.75) is 13.3 Å². The molecular weight excluding hydrogens is 223 g/mol. The summed E-state index contributed by atoms with van der Waals surface area (Å²) in [5.74, 6) is 1.21. The van der Waals surface area contributed by atoms with Gasteiger partial charge in [-0.2, -0.15) is 0 Å². The van der Waals surface area contributed by atoms with Gasteiger partial charge in [-0.1, -0.05) is 0 Å². The van der Waals surface area contributed by atoms with Crippen molar-refractivity contribution in [2.75, 3.05) is 20.4 Å². The number of hydrogen-bond donors (Lipinski definition) is 0. The van der Waals surface area contributed by atoms with Crippen LogP contribution < -0.4 is 9.47 Å². The van der Waals surface area contributed by atoms with E-state index >= 15 is 0 Å². The van der Waals surface area contributed by atoms with Crippen LogP contribution in [-0.2, 0) is 0 Å². The lowest BCUT2D eigenvalue weighted by molar-refractivity contribution is 0.0983. The van der Waals surface area contributed by atoms with Gasteiger partial charge in [0, 0.05) is 6.42 Å². The predicted molar refractivity (Wildman–Crippen MR) is 67.8 cm³/mol. The van der Waals surface area contributed by atoms with E-state index in [0.29, 0.717) is 23.5 Å². The lowest BCUT2D eigenvalue weighted by Crippen LogP contribution is -2.06. The first-order valence-electron chi connectivity index (χ1n) is 5.10. The first kappa shape index (κ1) is 13.0. The summed E-state index contributed by atoms with van der Waals surface area (Å²) in [5, 5.41) is 0. The van der Waals surface area contributed by atoms with Crippen molar-refractivity contribution in [2.24, 2.45) is 0 Å². The molecule has 0 saturated heterocycles. The van der Waals surface area contributed by atoms with Crippen LogP contribution in [0.15, 0.2) is 12.1 Å². The van der Waals surface area contributed by atoms with Crippen molar-refractivity contribution >= 4 is 15.0 Å². The average molecular weight is 240 g/mol. The van der Waals surface area contributed by atoms with Crippen molar-refractivity contribution in [1.82, 2.24) is 0 Å². The Labute approximate surface area is 98.3 Å². The molecule has 0 bridgehead atoms. The third-order valence-corrected chi connectivity index (χ3v) is 2.59. The van der Waals surface area contributed by atoms with Crippen molar-refractivity contribution < 1.29 is 14.3 Å². The number of hydrogen-bond acceptors (Lipinski definition) is 3. The first-order valence-corrected chi connectivity index (χ1v) is 5.91. The van der Waals surface area contributed by atoms with Crippen LogP contribution in [0.1, 0.15) is 22.3 Å². The summed E-state index contributed by atoms with van der Waals surface area (Å²) in [5.41, 5.74) is 1.55. The molecule has 16 heavy (non-hydrogen) atoms. The lowest BCUT2D eigenvalue weighted by atomic mass is 10.0. The monoisotopic (exact) mass is 240 g/mol. The van der Waals surface area contributed by atoms with Crippen LogP contribution in [0.3, 0.4) is 0 Å². The number of ether oxygens (including phenoxy) is 2. The fourth-order valence-electron chi connectivity index (χ4n) is 1.57. The van der Waals surface area contributed by atoms with Gasteiger partial charge < -0.3 is 9.47 Å². The molecule has 4 heteroatoms. The molecule has 0 fully saturated rings. The largest absolute Gasteiger partial charge is 0.496 e. The standard InChI is InChI=1S/C12H17O3P/c1-8-6-10(14-2)12(9(13)4-5-16)11(7-8)15-3/h6-7H,4-5,16H2,1-3H3. The highest BCUT2D eigenvalue weighted by Crippen LogP contribution is 2.31. The van der Waals surface area contributed by atoms with Crippen molar-refractivity contribution in [3.8, 4) is 11.5 Å². The van der Waals surface area contributed by atoms with E-state index in [0.717, 1.165) is 11.7 Å². The van der Waals surface area contributed by atoms with E-state index in [1.54, 1.807) is 14.2 Å². The fraction of sp³-hybridized carbons (Fsp3) is 0.417. The molecule has 1 rings (SSSR count). The number of methoxy groups -OCH3 is 2. The first-order chi connectivity index (χ1) is 7.63. The van der Waals surface area contributed by atoms with Crippen molar-refractivity contribution in [1.29, 1.82) is 0 Å². The van der Waals surface area contributed by atoms with E-state index in [9.17, 15) is 4.79 Å². The SMILES string of the molecule is COc1cc(C)cc(OC)c1C(=O)CCP. The van der Waals surface area contributed by atoms with E-state index in [1.165, 1.54) is 0 Å². The molecular formula is C12H17O3P. The average Bonchev–Trinajstić information content (AvgIpc) is 2.27. The quantitative estimate of drug-likeness (QED) is 0.586. The summed E-state index contributed by atoms with van der Waals surface area (Å²) >= 11 is 0. The minimum absolute atomic E-state index is 0.0451. The summed E-state index contributed by atoms with van der Waals surface area (Å²) in [4.78, 5) is 11.9. The molecule has 88 valence electrons. The minimum Gasteiger partial charge on any atom is -0.496 e. The van der Waals surface area contributed by atoms with Crippen LogP contribution in [0.2, 0.25) is 0 Å². The van der Waals surface area contributed by atoms with Crippen LogP contribution in [-0.4, -0.2) is 26.2 Å². The van der Waals surface area contributed by atoms with E-state index < -0.39 is 0 Å². The fourth-order valence-corrected chi connectivity index (χ4v) is 1.84. The minimum atomic E-state index is 0.0451. The second-order valence-corrected chi connectivity index (χ2v) is 4.08. The van der Waals surface area contributed by atoms with Crippen molar-refractivity contribution in [3.63, 3.8) is 0 Å². The van der Waals surface area contributed by atoms with E-state index in [-0.39, 0.29) is 5.78 Å². The number of ketones is 1. The Kier molecular flexibility index (Phi) is 4.75. The molecule has 0 aliphatic carbocycles. The Morgan fingerprint density at radius 3 is 2.12 bits per heavy atom. The highest BCUT2D eigenvalue weighted by atomic mass is 31.0. The second kappa shape index (κ2) is 5.86. The Balaban J connectivity index is 3.27. The van der Waals surface area contributed by atoms with Gasteiger partial charge in [0.15, 0.2) is 5.78 Å². The third-order valence-electron chi connectivity index (χ3n) is 2.30. The molecule has 1 unspecified atom stereocenters. The van der Waals surface area contributed by atoms with Gasteiger partial charge in [0.05, 0.1) is 14.2 Å². The van der Waals surface area contributed by atoms with Gasteiger partial charge >= 0.3 is 0 Å². The zero-order valence-corrected chi connectivity index (χ0v) is 11.0. The molecule has 0 N–H and O–H groups in total. The number of Topliss-reactive ketones (excluding diaryl/α,β-unsaturated/α-hetero) is 1. The van der Waals surface area contributed by atoms with Crippen molar-refractivity contribution in [3.05, 3.63) is 23.3 Å². The van der Waals surface area contributed by atoms with E-state index in [4.69, 9.17) is 9.47 Å². The molecule has 0 heterocycles. The van der Waals surface area contributed by atoms with Crippen LogP contribution in [0.25, 0.3) is 0 Å². The number of carbonyl (C=O) groups excluding carboxylic acids is 1. The molecule has 0 amide bonds. The maximum atomic E-state index is 11.9. The summed E-state index contributed by atoms with van der Waals surface area (Å²) in [6.07, 6.45) is 1.21. The van der Waals surface area contributed by atoms with E-state index in [1.807, 2.05) is 19.1 Å². The maximum absolute atomic E-state index is 11.9. The van der Waals surface area contributed by atoms with Gasteiger partial charge in [-0.3, -0.25) is 4.79 Å². The Morgan fingerprint density at radius 2 is 1.75 bits per heavy atom. The molecule has 0 aliphatic heterocycles. The smallest absolute Gasteiger partial charge is 0.170 e. The molecule has 1 aromatic rings. The van der Waals surface area contributed by atoms with Gasteiger partial charge in [0.25, 0.3) is 0 Å². The van der Waals surface area contributed by atoms with E-state index in [2.05, 4.69) is 9.24 Å². The lowest BCUT2D eigenvalue weighted by Gasteiger charge is -2.13. The number of rotatable bonds is 5. The Bertz CT molecular complexity index is 363. The topological polar surface area (TPSA) is 35.5 Å². The molecule has 1 aromatic carbocycles. The highest BCUT2D eigenvalue weighted by molar-refractivity contribution is 7.16. The Hall–Kier alpha value is -1.08. The Morgan fingerprint density at radius 1 is 1.25 bits per heavy atom. The second-order valence-electron chi connectivity index (χ2n) is 3.51. The van der Waals surface area contributed by atoms with Gasteiger partial charge in [-0.25, -0.2) is 0 Å².